The molecule has 0 aliphatic carbocycles. The van der Waals surface area contributed by atoms with Crippen LogP contribution in [0.5, 0.6) is 0 Å². The van der Waals surface area contributed by atoms with Gasteiger partial charge < -0.3 is 4.74 Å². The fraction of sp³-hybridized carbons (Fsp3) is 0.643. The van der Waals surface area contributed by atoms with Gasteiger partial charge in [-0.2, -0.15) is 0 Å². The Morgan fingerprint density at radius 1 is 1.35 bits per heavy atom. The van der Waals surface area contributed by atoms with Crippen molar-refractivity contribution in [2.24, 2.45) is 5.41 Å². The molecule has 4 rings (SSSR count). The summed E-state index contributed by atoms with van der Waals surface area (Å²) in [7, 11) is 0. The minimum atomic E-state index is -0.313. The Labute approximate surface area is 133 Å². The van der Waals surface area contributed by atoms with Crippen LogP contribution in [0.4, 0.5) is 5.95 Å². The quantitative estimate of drug-likeness (QED) is 0.881. The second kappa shape index (κ2) is 5.41. The number of hydrogen-bond donors (Lipinski definition) is 1. The van der Waals surface area contributed by atoms with Gasteiger partial charge in [-0.25, -0.2) is 0 Å². The number of anilines is 1. The molecule has 23 heavy (non-hydrogen) atoms. The standard InChI is InChI=1S/C14H19N7O2/c1-14(8-23-9-14)7-20-6-10(16-19-20)12(22)15-13-18-17-11-4-2-3-5-21(11)13/h6H,2-5,7-9H2,1H3,(H,15,18,22). The maximum absolute atomic E-state index is 12.3. The second-order valence-corrected chi connectivity index (χ2v) is 6.61. The lowest BCUT2D eigenvalue weighted by Crippen LogP contribution is -2.43. The highest BCUT2D eigenvalue weighted by molar-refractivity contribution is 6.01. The average molecular weight is 317 g/mol. The third-order valence-electron chi connectivity index (χ3n) is 4.30. The van der Waals surface area contributed by atoms with Crippen LogP contribution in [0.3, 0.4) is 0 Å². The summed E-state index contributed by atoms with van der Waals surface area (Å²) < 4.78 is 8.88. The van der Waals surface area contributed by atoms with E-state index in [4.69, 9.17) is 4.74 Å². The summed E-state index contributed by atoms with van der Waals surface area (Å²) in [5, 5.41) is 18.9. The smallest absolute Gasteiger partial charge is 0.280 e. The lowest BCUT2D eigenvalue weighted by Gasteiger charge is -2.37. The summed E-state index contributed by atoms with van der Waals surface area (Å²) in [5.74, 6) is 1.10. The van der Waals surface area contributed by atoms with Crippen LogP contribution in [-0.2, 0) is 24.2 Å². The summed E-state index contributed by atoms with van der Waals surface area (Å²) >= 11 is 0. The van der Waals surface area contributed by atoms with E-state index in [-0.39, 0.29) is 17.0 Å². The lowest BCUT2D eigenvalue weighted by atomic mass is 9.89. The molecule has 1 saturated heterocycles. The monoisotopic (exact) mass is 317 g/mol. The fourth-order valence-corrected chi connectivity index (χ4v) is 2.98. The highest BCUT2D eigenvalue weighted by atomic mass is 16.5. The first-order valence-corrected chi connectivity index (χ1v) is 7.84. The van der Waals surface area contributed by atoms with Crippen LogP contribution in [0.1, 0.15) is 36.1 Å². The highest BCUT2D eigenvalue weighted by Gasteiger charge is 2.34. The van der Waals surface area contributed by atoms with Crippen LogP contribution >= 0.6 is 0 Å². The number of carbonyl (C=O) groups excluding carboxylic acids is 1. The first-order valence-electron chi connectivity index (χ1n) is 7.84. The van der Waals surface area contributed by atoms with Crippen LogP contribution < -0.4 is 5.32 Å². The zero-order chi connectivity index (χ0) is 15.9. The van der Waals surface area contributed by atoms with Crippen molar-refractivity contribution < 1.29 is 9.53 Å². The van der Waals surface area contributed by atoms with Gasteiger partial charge >= 0.3 is 0 Å². The Morgan fingerprint density at radius 2 is 2.22 bits per heavy atom. The van der Waals surface area contributed by atoms with Gasteiger partial charge in [0.1, 0.15) is 5.82 Å². The van der Waals surface area contributed by atoms with E-state index >= 15 is 0 Å². The molecule has 2 aliphatic heterocycles. The number of aromatic nitrogens is 6. The zero-order valence-corrected chi connectivity index (χ0v) is 13.0. The number of nitrogens with one attached hydrogen (secondary N) is 1. The first-order chi connectivity index (χ1) is 11.1. The third kappa shape index (κ3) is 2.72. The molecule has 0 aromatic carbocycles. The largest absolute Gasteiger partial charge is 0.380 e. The predicted molar refractivity (Wildman–Crippen MR) is 79.9 cm³/mol. The molecule has 0 unspecified atom stereocenters. The molecule has 0 saturated carbocycles. The van der Waals surface area contributed by atoms with Crippen LogP contribution in [-0.4, -0.2) is 48.9 Å². The summed E-state index contributed by atoms with van der Waals surface area (Å²) in [4.78, 5) is 12.3. The molecular weight excluding hydrogens is 298 g/mol. The van der Waals surface area contributed by atoms with Crippen molar-refractivity contribution in [2.45, 2.75) is 39.3 Å². The third-order valence-corrected chi connectivity index (χ3v) is 4.30. The Bertz CT molecular complexity index is 731. The van der Waals surface area contributed by atoms with Crippen LogP contribution in [0.25, 0.3) is 0 Å². The Morgan fingerprint density at radius 3 is 3.00 bits per heavy atom. The number of ether oxygens (including phenoxy) is 1. The minimum Gasteiger partial charge on any atom is -0.380 e. The van der Waals surface area contributed by atoms with E-state index in [1.54, 1.807) is 10.9 Å². The van der Waals surface area contributed by atoms with Gasteiger partial charge in [0.15, 0.2) is 5.69 Å². The van der Waals surface area contributed by atoms with Gasteiger partial charge in [0.05, 0.1) is 26.0 Å². The van der Waals surface area contributed by atoms with Gasteiger partial charge in [0.2, 0.25) is 5.95 Å². The molecule has 2 aromatic heterocycles. The summed E-state index contributed by atoms with van der Waals surface area (Å²) in [6.07, 6.45) is 4.75. The molecule has 0 atom stereocenters. The molecule has 122 valence electrons. The molecule has 1 fully saturated rings. The maximum atomic E-state index is 12.3. The molecule has 9 nitrogen and oxygen atoms in total. The van der Waals surface area contributed by atoms with E-state index in [2.05, 4.69) is 32.7 Å². The Balaban J connectivity index is 1.45. The van der Waals surface area contributed by atoms with Crippen molar-refractivity contribution in [3.05, 3.63) is 17.7 Å². The number of nitrogens with zero attached hydrogens (tertiary/aromatic N) is 6. The van der Waals surface area contributed by atoms with Crippen LogP contribution in [0.2, 0.25) is 0 Å². The Hall–Kier alpha value is -2.29. The van der Waals surface area contributed by atoms with E-state index < -0.39 is 0 Å². The SMILES string of the molecule is CC1(Cn2cc(C(=O)Nc3nnc4n3CCCC4)nn2)COC1. The van der Waals surface area contributed by atoms with E-state index in [1.165, 1.54) is 0 Å². The molecule has 0 spiro atoms. The van der Waals surface area contributed by atoms with E-state index in [0.717, 1.165) is 31.6 Å². The molecule has 0 radical (unpaired) electrons. The first kappa shape index (κ1) is 14.3. The van der Waals surface area contributed by atoms with Gasteiger partial charge in [-0.3, -0.25) is 19.4 Å². The van der Waals surface area contributed by atoms with Gasteiger partial charge in [-0.05, 0) is 12.8 Å². The normalized spacial score (nSPS) is 19.0. The molecule has 0 bridgehead atoms. The van der Waals surface area contributed by atoms with Crippen LogP contribution in [0, 0.1) is 5.41 Å². The van der Waals surface area contributed by atoms with Crippen molar-refractivity contribution >= 4 is 11.9 Å². The topological polar surface area (TPSA) is 99.8 Å². The van der Waals surface area contributed by atoms with Crippen molar-refractivity contribution in [1.82, 2.24) is 29.8 Å². The Kier molecular flexibility index (Phi) is 3.37. The fourth-order valence-electron chi connectivity index (χ4n) is 2.98. The second-order valence-electron chi connectivity index (χ2n) is 6.61. The van der Waals surface area contributed by atoms with Crippen molar-refractivity contribution in [3.8, 4) is 0 Å². The number of aryl methyl sites for hydroxylation is 1. The summed E-state index contributed by atoms with van der Waals surface area (Å²) in [5.41, 5.74) is 0.357. The van der Waals surface area contributed by atoms with Crippen molar-refractivity contribution in [2.75, 3.05) is 18.5 Å². The zero-order valence-electron chi connectivity index (χ0n) is 13.0. The number of fused-ring (bicyclic) bond motifs is 1. The predicted octanol–water partition coefficient (Wildman–Crippen LogP) is 0.495. The molecule has 1 amide bonds. The molecular formula is C14H19N7O2. The molecule has 2 aromatic rings. The number of amides is 1. The summed E-state index contributed by atoms with van der Waals surface area (Å²) in [6, 6.07) is 0. The maximum Gasteiger partial charge on any atom is 0.280 e. The number of hydrogen-bond acceptors (Lipinski definition) is 6. The summed E-state index contributed by atoms with van der Waals surface area (Å²) in [6.45, 7) is 5.07. The van der Waals surface area contributed by atoms with Gasteiger partial charge in [-0.1, -0.05) is 12.1 Å². The van der Waals surface area contributed by atoms with Crippen LogP contribution in [0.15, 0.2) is 6.20 Å². The van der Waals surface area contributed by atoms with Gasteiger partial charge in [-0.15, -0.1) is 15.3 Å². The average Bonchev–Trinajstić information content (AvgIpc) is 3.13. The molecule has 4 heterocycles. The van der Waals surface area contributed by atoms with Crippen molar-refractivity contribution in [3.63, 3.8) is 0 Å². The van der Waals surface area contributed by atoms with E-state index in [0.29, 0.717) is 25.7 Å². The van der Waals surface area contributed by atoms with Crippen molar-refractivity contribution in [1.29, 1.82) is 0 Å². The number of carbonyl (C=O) groups is 1. The van der Waals surface area contributed by atoms with E-state index in [9.17, 15) is 4.79 Å². The highest BCUT2D eigenvalue weighted by Crippen LogP contribution is 2.28. The van der Waals surface area contributed by atoms with Gasteiger partial charge in [0, 0.05) is 18.4 Å². The molecule has 2 aliphatic rings. The number of rotatable bonds is 4. The molecule has 1 N–H and O–H groups in total. The van der Waals surface area contributed by atoms with Gasteiger partial charge in [0.25, 0.3) is 5.91 Å². The van der Waals surface area contributed by atoms with E-state index in [1.807, 2.05) is 4.57 Å². The molecule has 9 heteroatoms. The minimum absolute atomic E-state index is 0.0769. The lowest BCUT2D eigenvalue weighted by molar-refractivity contribution is -0.111.